The normalized spacial score (nSPS) is 13.3. The van der Waals surface area contributed by atoms with E-state index in [1.807, 2.05) is 0 Å². The zero-order chi connectivity index (χ0) is 9.40. The molecule has 8 N–H and O–H groups in total. The molecule has 0 bridgehead atoms. The molecule has 0 aromatic carbocycles. The summed E-state index contributed by atoms with van der Waals surface area (Å²) in [5.74, 6) is 10.8. The topological polar surface area (TPSA) is 129 Å². The fraction of sp³-hybridized carbons (Fsp3) is 0.667. The Morgan fingerprint density at radius 1 is 0.833 bits per heavy atom. The number of nitrogens with zero attached hydrogens (tertiary/aromatic N) is 2. The van der Waals surface area contributed by atoms with E-state index in [0.717, 1.165) is 12.8 Å². The van der Waals surface area contributed by atoms with Gasteiger partial charge in [0.1, 0.15) is 11.7 Å². The predicted octanol–water partition coefficient (Wildman–Crippen LogP) is -0.991. The van der Waals surface area contributed by atoms with Gasteiger partial charge in [-0.1, -0.05) is 0 Å². The Morgan fingerprint density at radius 2 is 1.17 bits per heavy atom. The fourth-order valence-corrected chi connectivity index (χ4v) is 0.741. The van der Waals surface area contributed by atoms with Crippen molar-refractivity contribution in [2.75, 3.05) is 0 Å². The molecule has 0 rings (SSSR count). The summed E-state index contributed by atoms with van der Waals surface area (Å²) in [5, 5.41) is 6.67. The Labute approximate surface area is 71.7 Å². The van der Waals surface area contributed by atoms with Crippen LogP contribution >= 0.6 is 0 Å². The minimum absolute atomic E-state index is 0.457. The maximum absolute atomic E-state index is 5.36. The summed E-state index contributed by atoms with van der Waals surface area (Å²) < 4.78 is 0. The molecule has 0 amide bonds. The van der Waals surface area contributed by atoms with E-state index in [9.17, 15) is 0 Å². The van der Waals surface area contributed by atoms with E-state index in [-0.39, 0.29) is 0 Å². The van der Waals surface area contributed by atoms with Crippen molar-refractivity contribution < 1.29 is 0 Å². The van der Waals surface area contributed by atoms with Crippen molar-refractivity contribution in [2.24, 2.45) is 33.4 Å². The van der Waals surface area contributed by atoms with Crippen LogP contribution in [0.3, 0.4) is 0 Å². The third-order valence-electron chi connectivity index (χ3n) is 1.45. The number of hydrogen-bond acceptors (Lipinski definition) is 4. The molecule has 0 aliphatic heterocycles. The van der Waals surface area contributed by atoms with Gasteiger partial charge in [-0.3, -0.25) is 0 Å². The summed E-state index contributed by atoms with van der Waals surface area (Å²) in [6.45, 7) is 0. The molecule has 6 heteroatoms. The lowest BCUT2D eigenvalue weighted by Gasteiger charge is -1.99. The Kier molecular flexibility index (Phi) is 5.50. The lowest BCUT2D eigenvalue weighted by molar-refractivity contribution is 0.784. The average Bonchev–Trinajstić information content (AvgIpc) is 2.11. The zero-order valence-corrected chi connectivity index (χ0v) is 7.03. The molecule has 0 aromatic heterocycles. The van der Waals surface area contributed by atoms with Crippen LogP contribution in [-0.4, -0.2) is 11.7 Å². The van der Waals surface area contributed by atoms with Crippen molar-refractivity contribution >= 4 is 11.7 Å². The van der Waals surface area contributed by atoms with E-state index in [1.54, 1.807) is 0 Å². The van der Waals surface area contributed by atoms with Crippen LogP contribution in [0.5, 0.6) is 0 Å². The van der Waals surface area contributed by atoms with Gasteiger partial charge in [0.05, 0.1) is 0 Å². The van der Waals surface area contributed by atoms with Gasteiger partial charge in [0.2, 0.25) is 0 Å². The van der Waals surface area contributed by atoms with Crippen molar-refractivity contribution in [3.8, 4) is 0 Å². The van der Waals surface area contributed by atoms with Crippen LogP contribution in [0.2, 0.25) is 0 Å². The lowest BCUT2D eigenvalue weighted by atomic mass is 10.2. The van der Waals surface area contributed by atoms with Crippen molar-refractivity contribution in [1.29, 1.82) is 0 Å². The number of amidine groups is 2. The number of unbranched alkanes of at least 4 members (excludes halogenated alkanes) is 1. The lowest BCUT2D eigenvalue weighted by Crippen LogP contribution is -2.15. The number of hydrogen-bond donors (Lipinski definition) is 4. The van der Waals surface area contributed by atoms with Crippen LogP contribution in [0, 0.1) is 0 Å². The minimum atomic E-state index is 0.457. The van der Waals surface area contributed by atoms with Crippen molar-refractivity contribution in [2.45, 2.75) is 25.7 Å². The first kappa shape index (κ1) is 10.5. The third kappa shape index (κ3) is 5.33. The summed E-state index contributed by atoms with van der Waals surface area (Å²) in [6, 6.07) is 0. The minimum Gasteiger partial charge on any atom is -0.386 e. The summed E-state index contributed by atoms with van der Waals surface area (Å²) >= 11 is 0. The molecule has 6 nitrogen and oxygen atoms in total. The highest BCUT2D eigenvalue weighted by molar-refractivity contribution is 5.81. The molecule has 0 aliphatic rings. The molecular weight excluding hydrogens is 156 g/mol. The second-order valence-corrected chi connectivity index (χ2v) is 2.45. The molecule has 0 saturated carbocycles. The molecule has 0 saturated heterocycles. The molecule has 0 aromatic rings. The van der Waals surface area contributed by atoms with Crippen LogP contribution in [0.4, 0.5) is 0 Å². The van der Waals surface area contributed by atoms with Gasteiger partial charge in [-0.25, -0.2) is 0 Å². The highest BCUT2D eigenvalue weighted by Crippen LogP contribution is 1.98. The van der Waals surface area contributed by atoms with E-state index in [4.69, 9.17) is 23.2 Å². The molecular formula is C6H16N6. The van der Waals surface area contributed by atoms with Crippen LogP contribution in [-0.2, 0) is 0 Å². The van der Waals surface area contributed by atoms with E-state index in [2.05, 4.69) is 10.2 Å². The summed E-state index contributed by atoms with van der Waals surface area (Å²) in [7, 11) is 0. The highest BCUT2D eigenvalue weighted by Gasteiger charge is 1.95. The molecule has 0 heterocycles. The van der Waals surface area contributed by atoms with E-state index in [0.29, 0.717) is 24.5 Å². The van der Waals surface area contributed by atoms with E-state index >= 15 is 0 Å². The quantitative estimate of drug-likeness (QED) is 0.139. The molecule has 12 heavy (non-hydrogen) atoms. The van der Waals surface area contributed by atoms with Gasteiger partial charge in [-0.05, 0) is 12.8 Å². The largest absolute Gasteiger partial charge is 0.386 e. The van der Waals surface area contributed by atoms with Gasteiger partial charge < -0.3 is 23.2 Å². The first-order valence-corrected chi connectivity index (χ1v) is 3.75. The highest BCUT2D eigenvalue weighted by atomic mass is 15.2. The molecule has 0 fully saturated rings. The second kappa shape index (κ2) is 6.26. The number of hydrazone groups is 2. The Morgan fingerprint density at radius 3 is 1.42 bits per heavy atom. The van der Waals surface area contributed by atoms with E-state index < -0.39 is 0 Å². The first-order valence-electron chi connectivity index (χ1n) is 3.75. The Hall–Kier alpha value is -1.46. The van der Waals surface area contributed by atoms with Gasteiger partial charge in [0.25, 0.3) is 0 Å². The van der Waals surface area contributed by atoms with Crippen LogP contribution < -0.4 is 23.2 Å². The molecule has 70 valence electrons. The standard InChI is InChI=1S/C6H16N6/c7-5(11-9)3-1-2-4-6(8)12-10/h1-4,9-10H2,(H2,7,11)(H2,8,12). The maximum atomic E-state index is 5.36. The molecule has 0 spiro atoms. The SMILES string of the molecule is N/N=C(\N)CCCC/C(N)=N/N. The maximum Gasteiger partial charge on any atom is 0.119 e. The van der Waals surface area contributed by atoms with Gasteiger partial charge in [-0.2, -0.15) is 10.2 Å². The Balaban J connectivity index is 3.34. The van der Waals surface area contributed by atoms with Gasteiger partial charge in [-0.15, -0.1) is 0 Å². The van der Waals surface area contributed by atoms with Crippen molar-refractivity contribution in [3.63, 3.8) is 0 Å². The Bertz CT molecular complexity index is 153. The summed E-state index contributed by atoms with van der Waals surface area (Å²) in [4.78, 5) is 0. The average molecular weight is 172 g/mol. The second-order valence-electron chi connectivity index (χ2n) is 2.45. The monoisotopic (exact) mass is 172 g/mol. The zero-order valence-electron chi connectivity index (χ0n) is 7.03. The van der Waals surface area contributed by atoms with Crippen LogP contribution in [0.1, 0.15) is 25.7 Å². The number of nitrogens with two attached hydrogens (primary N) is 4. The van der Waals surface area contributed by atoms with Crippen LogP contribution in [0.15, 0.2) is 10.2 Å². The van der Waals surface area contributed by atoms with Crippen molar-refractivity contribution in [1.82, 2.24) is 0 Å². The predicted molar refractivity (Wildman–Crippen MR) is 50.1 cm³/mol. The van der Waals surface area contributed by atoms with Gasteiger partial charge in [0, 0.05) is 12.8 Å². The summed E-state index contributed by atoms with van der Waals surface area (Å²) in [6.07, 6.45) is 3.16. The van der Waals surface area contributed by atoms with Gasteiger partial charge in [0.15, 0.2) is 0 Å². The van der Waals surface area contributed by atoms with Crippen molar-refractivity contribution in [3.05, 3.63) is 0 Å². The molecule has 0 radical (unpaired) electrons. The molecule has 0 atom stereocenters. The van der Waals surface area contributed by atoms with E-state index in [1.165, 1.54) is 0 Å². The third-order valence-corrected chi connectivity index (χ3v) is 1.45. The fourth-order valence-electron chi connectivity index (χ4n) is 0.741. The smallest absolute Gasteiger partial charge is 0.119 e. The number of rotatable bonds is 5. The van der Waals surface area contributed by atoms with Crippen LogP contribution in [0.25, 0.3) is 0 Å². The first-order chi connectivity index (χ1) is 5.70. The molecule has 0 unspecified atom stereocenters. The molecule has 0 aliphatic carbocycles. The summed E-state index contributed by atoms with van der Waals surface area (Å²) in [5.41, 5.74) is 10.7. The van der Waals surface area contributed by atoms with Gasteiger partial charge >= 0.3 is 0 Å².